The molecule has 8 nitrogen and oxygen atoms in total. The second-order valence-electron chi connectivity index (χ2n) is 8.20. The van der Waals surface area contributed by atoms with E-state index in [0.29, 0.717) is 40.7 Å². The summed E-state index contributed by atoms with van der Waals surface area (Å²) < 4.78 is 23.7. The van der Waals surface area contributed by atoms with Crippen LogP contribution in [0.25, 0.3) is 17.0 Å². The number of carbonyl (C=O) groups excluding carboxylic acids is 2. The minimum absolute atomic E-state index is 0.0985. The number of benzene rings is 2. The summed E-state index contributed by atoms with van der Waals surface area (Å²) in [6.07, 6.45) is 4.21. The van der Waals surface area contributed by atoms with Crippen molar-refractivity contribution in [3.8, 4) is 17.4 Å². The van der Waals surface area contributed by atoms with E-state index in [1.54, 1.807) is 31.2 Å². The Morgan fingerprint density at radius 3 is 2.80 bits per heavy atom. The van der Waals surface area contributed by atoms with Gasteiger partial charge in [-0.2, -0.15) is 0 Å². The van der Waals surface area contributed by atoms with Gasteiger partial charge in [0.05, 0.1) is 19.1 Å². The first-order valence-corrected chi connectivity index (χ1v) is 11.3. The molecule has 0 N–H and O–H groups in total. The van der Waals surface area contributed by atoms with E-state index in [1.165, 1.54) is 7.11 Å². The molecule has 178 valence electrons. The number of fused-ring (bicyclic) bond motifs is 2. The molecule has 0 radical (unpaired) electrons. The van der Waals surface area contributed by atoms with Crippen LogP contribution in [0.2, 0.25) is 0 Å². The third kappa shape index (κ3) is 4.19. The number of hydrogen-bond acceptors (Lipinski definition) is 7. The van der Waals surface area contributed by atoms with Gasteiger partial charge in [0.15, 0.2) is 5.76 Å². The first kappa shape index (κ1) is 22.5. The van der Waals surface area contributed by atoms with Gasteiger partial charge in [-0.25, -0.2) is 0 Å². The summed E-state index contributed by atoms with van der Waals surface area (Å²) in [5.41, 5.74) is 3.04. The number of methoxy groups -OCH3 is 1. The van der Waals surface area contributed by atoms with Gasteiger partial charge in [0.25, 0.3) is 5.88 Å². The number of ether oxygens (including phenoxy) is 3. The maximum Gasteiger partial charge on any atom is 0.311 e. The number of para-hydroxylation sites is 1. The molecule has 0 saturated heterocycles. The quantitative estimate of drug-likeness (QED) is 0.209. The predicted octanol–water partition coefficient (Wildman–Crippen LogP) is 5.12. The summed E-state index contributed by atoms with van der Waals surface area (Å²) in [7, 11) is 1.49. The second-order valence-corrected chi connectivity index (χ2v) is 8.20. The highest BCUT2D eigenvalue weighted by molar-refractivity contribution is 6.15. The number of Topliss-reactive ketones (excluding diaryl/α,β-unsaturated/α-hetero) is 1. The molecular formula is C27H24N2O6. The SMILES string of the molecule is CCn1cc(/C=C2\Oc3c(ccc(OC(=O)CCc4cc(OC)no4)c3C)C2=O)c2ccccc21. The van der Waals surface area contributed by atoms with Crippen molar-refractivity contribution in [3.63, 3.8) is 0 Å². The largest absolute Gasteiger partial charge is 0.479 e. The molecule has 0 amide bonds. The fourth-order valence-corrected chi connectivity index (χ4v) is 4.18. The summed E-state index contributed by atoms with van der Waals surface area (Å²) in [5.74, 6) is 1.24. The van der Waals surface area contributed by atoms with Crippen molar-refractivity contribution >= 4 is 28.7 Å². The molecule has 2 aromatic carbocycles. The zero-order valence-corrected chi connectivity index (χ0v) is 19.7. The third-order valence-corrected chi connectivity index (χ3v) is 6.03. The van der Waals surface area contributed by atoms with Gasteiger partial charge in [0.1, 0.15) is 17.3 Å². The van der Waals surface area contributed by atoms with Gasteiger partial charge in [0, 0.05) is 47.3 Å². The van der Waals surface area contributed by atoms with Crippen LogP contribution in [0.15, 0.2) is 58.9 Å². The Hall–Kier alpha value is -4.33. The first-order chi connectivity index (χ1) is 17.0. The summed E-state index contributed by atoms with van der Waals surface area (Å²) in [6.45, 7) is 4.66. The fraction of sp³-hybridized carbons (Fsp3) is 0.222. The molecule has 5 rings (SSSR count). The molecule has 3 heterocycles. The Morgan fingerprint density at radius 2 is 2.03 bits per heavy atom. The molecule has 1 aliphatic rings. The number of esters is 1. The number of ketones is 1. The average molecular weight is 472 g/mol. The lowest BCUT2D eigenvalue weighted by Crippen LogP contribution is -2.10. The van der Waals surface area contributed by atoms with Gasteiger partial charge < -0.3 is 23.3 Å². The number of aromatic nitrogens is 2. The lowest BCUT2D eigenvalue weighted by molar-refractivity contribution is -0.134. The number of carbonyl (C=O) groups is 2. The third-order valence-electron chi connectivity index (χ3n) is 6.03. The molecule has 8 heteroatoms. The summed E-state index contributed by atoms with van der Waals surface area (Å²) in [5, 5.41) is 4.76. The van der Waals surface area contributed by atoms with E-state index in [-0.39, 0.29) is 18.0 Å². The van der Waals surface area contributed by atoms with Crippen LogP contribution in [0.5, 0.6) is 17.4 Å². The maximum atomic E-state index is 13.1. The van der Waals surface area contributed by atoms with E-state index in [1.807, 2.05) is 24.4 Å². The lowest BCUT2D eigenvalue weighted by atomic mass is 10.1. The highest BCUT2D eigenvalue weighted by Gasteiger charge is 2.31. The van der Waals surface area contributed by atoms with Crippen molar-refractivity contribution in [1.29, 1.82) is 0 Å². The fourth-order valence-electron chi connectivity index (χ4n) is 4.18. The average Bonchev–Trinajstić information content (AvgIpc) is 3.56. The van der Waals surface area contributed by atoms with Crippen LogP contribution < -0.4 is 14.2 Å². The Morgan fingerprint density at radius 1 is 1.20 bits per heavy atom. The number of nitrogens with zero attached hydrogens (tertiary/aromatic N) is 2. The molecule has 0 unspecified atom stereocenters. The second kappa shape index (κ2) is 9.13. The minimum atomic E-state index is -0.434. The molecule has 0 spiro atoms. The van der Waals surface area contributed by atoms with E-state index in [9.17, 15) is 9.59 Å². The van der Waals surface area contributed by atoms with Crippen molar-refractivity contribution in [2.45, 2.75) is 33.2 Å². The Labute approximate surface area is 201 Å². The van der Waals surface area contributed by atoms with Crippen molar-refractivity contribution in [1.82, 2.24) is 9.72 Å². The summed E-state index contributed by atoms with van der Waals surface area (Å²) in [4.78, 5) is 25.5. The van der Waals surface area contributed by atoms with E-state index >= 15 is 0 Å². The summed E-state index contributed by atoms with van der Waals surface area (Å²) >= 11 is 0. The minimum Gasteiger partial charge on any atom is -0.479 e. The van der Waals surface area contributed by atoms with Gasteiger partial charge >= 0.3 is 5.97 Å². The van der Waals surface area contributed by atoms with Crippen molar-refractivity contribution in [2.75, 3.05) is 7.11 Å². The molecular weight excluding hydrogens is 448 g/mol. The molecule has 2 aromatic heterocycles. The zero-order chi connectivity index (χ0) is 24.5. The van der Waals surface area contributed by atoms with Gasteiger partial charge in [-0.05, 0) is 43.3 Å². The van der Waals surface area contributed by atoms with E-state index < -0.39 is 5.97 Å². The lowest BCUT2D eigenvalue weighted by Gasteiger charge is -2.09. The number of hydrogen-bond donors (Lipinski definition) is 0. The normalized spacial score (nSPS) is 13.8. The van der Waals surface area contributed by atoms with E-state index in [2.05, 4.69) is 22.7 Å². The Kier molecular flexibility index (Phi) is 5.86. The van der Waals surface area contributed by atoms with Crippen LogP contribution in [0, 0.1) is 6.92 Å². The smallest absolute Gasteiger partial charge is 0.311 e. The van der Waals surface area contributed by atoms with Crippen molar-refractivity contribution < 1.29 is 28.3 Å². The van der Waals surface area contributed by atoms with Crippen LogP contribution >= 0.6 is 0 Å². The Balaban J connectivity index is 1.34. The number of aryl methyl sites for hydroxylation is 2. The zero-order valence-electron chi connectivity index (χ0n) is 19.7. The molecule has 1 aliphatic heterocycles. The first-order valence-electron chi connectivity index (χ1n) is 11.3. The van der Waals surface area contributed by atoms with Gasteiger partial charge in [-0.1, -0.05) is 18.2 Å². The van der Waals surface area contributed by atoms with Crippen molar-refractivity contribution in [2.24, 2.45) is 0 Å². The number of rotatable bonds is 7. The maximum absolute atomic E-state index is 13.1. The van der Waals surface area contributed by atoms with Crippen LogP contribution in [0.4, 0.5) is 0 Å². The standard InChI is InChI=1S/C27H24N2O6/c1-4-29-15-17(19-7-5-6-8-21(19)29)13-23-26(31)20-10-11-22(16(2)27(20)34-23)33-25(30)12-9-18-14-24(32-3)28-35-18/h5-8,10-11,13-15H,4,9,12H2,1-3H3/b23-13-. The van der Waals surface area contributed by atoms with Gasteiger partial charge in [0.2, 0.25) is 5.78 Å². The van der Waals surface area contributed by atoms with Crippen molar-refractivity contribution in [3.05, 3.63) is 76.9 Å². The molecule has 0 saturated carbocycles. The van der Waals surface area contributed by atoms with Gasteiger partial charge in [-0.15, -0.1) is 0 Å². The molecule has 0 atom stereocenters. The van der Waals surface area contributed by atoms with E-state index in [0.717, 1.165) is 23.0 Å². The highest BCUT2D eigenvalue weighted by atomic mass is 16.5. The topological polar surface area (TPSA) is 92.8 Å². The van der Waals surface area contributed by atoms with Crippen LogP contribution in [-0.2, 0) is 17.8 Å². The number of allylic oxidation sites excluding steroid dienone is 1. The van der Waals surface area contributed by atoms with Crippen LogP contribution in [0.3, 0.4) is 0 Å². The molecule has 0 bridgehead atoms. The Bertz CT molecular complexity index is 1480. The van der Waals surface area contributed by atoms with Crippen LogP contribution in [0.1, 0.15) is 40.6 Å². The monoisotopic (exact) mass is 472 g/mol. The molecule has 0 fully saturated rings. The van der Waals surface area contributed by atoms with Crippen LogP contribution in [-0.4, -0.2) is 28.6 Å². The molecule has 35 heavy (non-hydrogen) atoms. The van der Waals surface area contributed by atoms with E-state index in [4.69, 9.17) is 18.7 Å². The van der Waals surface area contributed by atoms with Gasteiger partial charge in [-0.3, -0.25) is 9.59 Å². The predicted molar refractivity (Wildman–Crippen MR) is 129 cm³/mol. The summed E-state index contributed by atoms with van der Waals surface area (Å²) in [6, 6.07) is 12.9. The molecule has 4 aromatic rings. The highest BCUT2D eigenvalue weighted by Crippen LogP contribution is 2.40. The molecule has 0 aliphatic carbocycles.